The largest absolute Gasteiger partial charge is 0.480 e. The summed E-state index contributed by atoms with van der Waals surface area (Å²) in [6.45, 7) is 0. The van der Waals surface area contributed by atoms with Gasteiger partial charge < -0.3 is 9.72 Å². The minimum Gasteiger partial charge on any atom is -0.480 e. The standard InChI is InChI=1S/C15H15N3O3S/c1-16-22(19,20)12-5-3-4-10(8-12)13-9-11-6-7-17-14(11)18-15(13)21-2/h3-9,16H,1-2H3,(H,17,18). The van der Waals surface area contributed by atoms with Crippen LogP contribution in [0.3, 0.4) is 0 Å². The first-order valence-corrected chi connectivity index (χ1v) is 8.09. The van der Waals surface area contributed by atoms with Crippen LogP contribution in [-0.4, -0.2) is 32.5 Å². The highest BCUT2D eigenvalue weighted by atomic mass is 32.2. The molecule has 0 aliphatic heterocycles. The minimum absolute atomic E-state index is 0.198. The van der Waals surface area contributed by atoms with E-state index in [1.807, 2.05) is 18.2 Å². The molecule has 0 fully saturated rings. The van der Waals surface area contributed by atoms with Gasteiger partial charge in [-0.1, -0.05) is 12.1 Å². The van der Waals surface area contributed by atoms with E-state index in [2.05, 4.69) is 14.7 Å². The number of nitrogens with zero attached hydrogens (tertiary/aromatic N) is 1. The molecule has 7 heteroatoms. The lowest BCUT2D eigenvalue weighted by Crippen LogP contribution is -2.18. The van der Waals surface area contributed by atoms with Gasteiger partial charge in [0.2, 0.25) is 15.9 Å². The van der Waals surface area contributed by atoms with Gasteiger partial charge >= 0.3 is 0 Å². The Hall–Kier alpha value is -2.38. The quantitative estimate of drug-likeness (QED) is 0.772. The van der Waals surface area contributed by atoms with Crippen molar-refractivity contribution in [2.24, 2.45) is 0 Å². The molecule has 22 heavy (non-hydrogen) atoms. The fourth-order valence-corrected chi connectivity index (χ4v) is 3.05. The molecule has 2 N–H and O–H groups in total. The maximum Gasteiger partial charge on any atom is 0.240 e. The third kappa shape index (κ3) is 2.44. The van der Waals surface area contributed by atoms with Crippen molar-refractivity contribution < 1.29 is 13.2 Å². The van der Waals surface area contributed by atoms with E-state index in [4.69, 9.17) is 4.74 Å². The number of nitrogens with one attached hydrogen (secondary N) is 2. The summed E-state index contributed by atoms with van der Waals surface area (Å²) in [6, 6.07) is 10.5. The number of sulfonamides is 1. The number of hydrogen-bond donors (Lipinski definition) is 2. The molecule has 0 atom stereocenters. The van der Waals surface area contributed by atoms with Crippen LogP contribution in [0.25, 0.3) is 22.2 Å². The van der Waals surface area contributed by atoms with Gasteiger partial charge in [0.05, 0.1) is 12.0 Å². The highest BCUT2D eigenvalue weighted by Crippen LogP contribution is 2.32. The number of fused-ring (bicyclic) bond motifs is 1. The number of hydrogen-bond acceptors (Lipinski definition) is 4. The predicted molar refractivity (Wildman–Crippen MR) is 84.3 cm³/mol. The van der Waals surface area contributed by atoms with Crippen molar-refractivity contribution >= 4 is 21.1 Å². The SMILES string of the molecule is CNS(=O)(=O)c1cccc(-c2cc3cc[nH]c3nc2OC)c1. The predicted octanol–water partition coefficient (Wildman–Crippen LogP) is 2.15. The lowest BCUT2D eigenvalue weighted by atomic mass is 10.1. The maximum atomic E-state index is 11.9. The van der Waals surface area contributed by atoms with E-state index in [1.165, 1.54) is 14.2 Å². The molecule has 1 aromatic carbocycles. The Morgan fingerprint density at radius 2 is 2.05 bits per heavy atom. The molecular formula is C15H15N3O3S. The Bertz CT molecular complexity index is 932. The highest BCUT2D eigenvalue weighted by molar-refractivity contribution is 7.89. The van der Waals surface area contributed by atoms with Gasteiger partial charge in [-0.2, -0.15) is 4.98 Å². The second kappa shape index (κ2) is 5.43. The minimum atomic E-state index is -3.50. The lowest BCUT2D eigenvalue weighted by Gasteiger charge is -2.10. The highest BCUT2D eigenvalue weighted by Gasteiger charge is 2.15. The first-order chi connectivity index (χ1) is 10.5. The molecule has 114 valence electrons. The van der Waals surface area contributed by atoms with Gasteiger partial charge in [0.15, 0.2) is 0 Å². The van der Waals surface area contributed by atoms with Crippen LogP contribution in [0.1, 0.15) is 0 Å². The van der Waals surface area contributed by atoms with Crippen LogP contribution in [0.15, 0.2) is 47.5 Å². The topological polar surface area (TPSA) is 84.1 Å². The number of methoxy groups -OCH3 is 1. The van der Waals surface area contributed by atoms with E-state index >= 15 is 0 Å². The number of aromatic amines is 1. The Kier molecular flexibility index (Phi) is 3.59. The Labute approximate surface area is 128 Å². The zero-order chi connectivity index (χ0) is 15.7. The molecule has 0 saturated carbocycles. The summed E-state index contributed by atoms with van der Waals surface area (Å²) in [5.74, 6) is 0.439. The smallest absolute Gasteiger partial charge is 0.240 e. The van der Waals surface area contributed by atoms with Crippen molar-refractivity contribution in [3.8, 4) is 17.0 Å². The molecule has 0 aliphatic rings. The van der Waals surface area contributed by atoms with Crippen molar-refractivity contribution in [3.63, 3.8) is 0 Å². The molecule has 6 nitrogen and oxygen atoms in total. The number of aromatic nitrogens is 2. The molecule has 3 rings (SSSR count). The number of pyridine rings is 1. The second-order valence-corrected chi connectivity index (χ2v) is 6.58. The molecule has 3 aromatic rings. The average Bonchev–Trinajstić information content (AvgIpc) is 3.01. The zero-order valence-corrected chi connectivity index (χ0v) is 12.9. The average molecular weight is 317 g/mol. The summed E-state index contributed by atoms with van der Waals surface area (Å²) in [5.41, 5.74) is 2.19. The summed E-state index contributed by atoms with van der Waals surface area (Å²) in [5, 5.41) is 0.928. The Morgan fingerprint density at radius 1 is 1.23 bits per heavy atom. The zero-order valence-electron chi connectivity index (χ0n) is 12.1. The van der Waals surface area contributed by atoms with Gasteiger partial charge in [0, 0.05) is 17.1 Å². The molecular weight excluding hydrogens is 302 g/mol. The molecule has 0 radical (unpaired) electrons. The lowest BCUT2D eigenvalue weighted by molar-refractivity contribution is 0.401. The van der Waals surface area contributed by atoms with Crippen LogP contribution in [0.2, 0.25) is 0 Å². The summed E-state index contributed by atoms with van der Waals surface area (Å²) < 4.78 is 31.5. The number of H-pyrrole nitrogens is 1. The third-order valence-electron chi connectivity index (χ3n) is 3.42. The van der Waals surface area contributed by atoms with Gasteiger partial charge in [0.1, 0.15) is 5.65 Å². The van der Waals surface area contributed by atoms with E-state index in [0.29, 0.717) is 5.88 Å². The van der Waals surface area contributed by atoms with Crippen LogP contribution in [0.4, 0.5) is 0 Å². The fourth-order valence-electron chi connectivity index (χ4n) is 2.28. The second-order valence-electron chi connectivity index (χ2n) is 4.70. The van der Waals surface area contributed by atoms with E-state index in [9.17, 15) is 8.42 Å². The van der Waals surface area contributed by atoms with Crippen molar-refractivity contribution in [1.82, 2.24) is 14.7 Å². The van der Waals surface area contributed by atoms with E-state index in [-0.39, 0.29) is 4.90 Å². The van der Waals surface area contributed by atoms with Gasteiger partial charge in [-0.05, 0) is 36.9 Å². The molecule has 0 amide bonds. The molecule has 2 heterocycles. The van der Waals surface area contributed by atoms with Crippen LogP contribution in [-0.2, 0) is 10.0 Å². The normalized spacial score (nSPS) is 11.7. The van der Waals surface area contributed by atoms with Crippen LogP contribution < -0.4 is 9.46 Å². The summed E-state index contributed by atoms with van der Waals surface area (Å²) in [6.07, 6.45) is 1.79. The first kappa shape index (κ1) is 14.6. The Balaban J connectivity index is 2.20. The van der Waals surface area contributed by atoms with E-state index in [1.54, 1.807) is 24.4 Å². The van der Waals surface area contributed by atoms with Gasteiger partial charge in [0.25, 0.3) is 0 Å². The Morgan fingerprint density at radius 3 is 2.77 bits per heavy atom. The summed E-state index contributed by atoms with van der Waals surface area (Å²) in [7, 11) is -0.576. The number of ether oxygens (including phenoxy) is 1. The molecule has 0 unspecified atom stereocenters. The number of rotatable bonds is 4. The molecule has 0 bridgehead atoms. The number of benzene rings is 1. The van der Waals surface area contributed by atoms with Gasteiger partial charge in [-0.15, -0.1) is 0 Å². The van der Waals surface area contributed by atoms with Gasteiger partial charge in [-0.3, -0.25) is 0 Å². The molecule has 2 aromatic heterocycles. The van der Waals surface area contributed by atoms with Crippen LogP contribution in [0, 0.1) is 0 Å². The van der Waals surface area contributed by atoms with Crippen molar-refractivity contribution in [1.29, 1.82) is 0 Å². The molecule has 0 spiro atoms. The van der Waals surface area contributed by atoms with Gasteiger partial charge in [-0.25, -0.2) is 13.1 Å². The van der Waals surface area contributed by atoms with Crippen molar-refractivity contribution in [2.75, 3.05) is 14.2 Å². The van der Waals surface area contributed by atoms with E-state index in [0.717, 1.165) is 22.2 Å². The maximum absolute atomic E-state index is 11.9. The summed E-state index contributed by atoms with van der Waals surface area (Å²) >= 11 is 0. The van der Waals surface area contributed by atoms with Crippen LogP contribution in [0.5, 0.6) is 5.88 Å². The van der Waals surface area contributed by atoms with Crippen LogP contribution >= 0.6 is 0 Å². The van der Waals surface area contributed by atoms with Crippen molar-refractivity contribution in [3.05, 3.63) is 42.6 Å². The monoisotopic (exact) mass is 317 g/mol. The molecule has 0 aliphatic carbocycles. The first-order valence-electron chi connectivity index (χ1n) is 6.61. The van der Waals surface area contributed by atoms with Crippen molar-refractivity contribution in [2.45, 2.75) is 4.90 Å². The molecule has 0 saturated heterocycles. The third-order valence-corrected chi connectivity index (χ3v) is 4.83. The van der Waals surface area contributed by atoms with E-state index < -0.39 is 10.0 Å². The fraction of sp³-hybridized carbons (Fsp3) is 0.133. The summed E-state index contributed by atoms with van der Waals surface area (Å²) in [4.78, 5) is 7.62.